The number of likely N-dealkylation sites (tertiary alicyclic amines) is 1. The second-order valence-electron chi connectivity index (χ2n) is 7.29. The zero-order valence-electron chi connectivity index (χ0n) is 15.2. The third-order valence-corrected chi connectivity index (χ3v) is 5.54. The summed E-state index contributed by atoms with van der Waals surface area (Å²) in [5, 5.41) is 3.07. The van der Waals surface area contributed by atoms with Gasteiger partial charge in [0.15, 0.2) is 0 Å². The van der Waals surface area contributed by atoms with Gasteiger partial charge in [-0.1, -0.05) is 29.7 Å². The average Bonchev–Trinajstić information content (AvgIpc) is 3.36. The van der Waals surface area contributed by atoms with Gasteiger partial charge >= 0.3 is 0 Å². The van der Waals surface area contributed by atoms with Crippen LogP contribution in [0.1, 0.15) is 31.2 Å². The lowest BCUT2D eigenvalue weighted by Crippen LogP contribution is -2.51. The first-order chi connectivity index (χ1) is 13.3. The average molecular weight is 406 g/mol. The molecule has 6 nitrogen and oxygen atoms in total. The lowest BCUT2D eigenvalue weighted by Gasteiger charge is -2.29. The topological polar surface area (TPSA) is 92.5 Å². The van der Waals surface area contributed by atoms with Crippen LogP contribution in [0.2, 0.25) is 5.02 Å². The molecular weight excluding hydrogens is 385 g/mol. The molecule has 1 heterocycles. The number of hydrogen-bond acceptors (Lipinski definition) is 3. The number of terminal acetylenes is 1. The molecule has 3 rings (SSSR count). The molecule has 0 radical (unpaired) electrons. The van der Waals surface area contributed by atoms with E-state index < -0.39 is 35.5 Å². The first-order valence-electron chi connectivity index (χ1n) is 9.03. The fourth-order valence-corrected chi connectivity index (χ4v) is 3.80. The van der Waals surface area contributed by atoms with Crippen molar-refractivity contribution in [1.29, 1.82) is 0 Å². The molecule has 8 heteroatoms. The molecule has 2 aliphatic rings. The molecule has 3 N–H and O–H groups in total. The van der Waals surface area contributed by atoms with Crippen molar-refractivity contribution in [2.75, 3.05) is 6.54 Å². The number of halogens is 2. The van der Waals surface area contributed by atoms with Crippen molar-refractivity contribution in [2.45, 2.75) is 49.4 Å². The van der Waals surface area contributed by atoms with Gasteiger partial charge in [0.25, 0.3) is 0 Å². The summed E-state index contributed by atoms with van der Waals surface area (Å²) in [5.41, 5.74) is 5.18. The van der Waals surface area contributed by atoms with E-state index in [0.29, 0.717) is 17.9 Å². The van der Waals surface area contributed by atoms with Crippen molar-refractivity contribution >= 4 is 29.3 Å². The highest BCUT2D eigenvalue weighted by atomic mass is 35.5. The smallest absolute Gasteiger partial charge is 0.243 e. The maximum absolute atomic E-state index is 14.1. The van der Waals surface area contributed by atoms with Gasteiger partial charge in [-0.05, 0) is 30.5 Å². The standard InChI is InChI=1S/C20H21ClFN3O3/c1-2-15(10-17(23)26)24-18(27)16-9-14(22)11-25(16)19(28)20(7-8-20)12-3-5-13(21)6-4-12/h1,3-6,14-16H,7-11H2,(H2,23,26)(H,24,27)/t14?,15-,16+/m1/s1. The molecule has 1 aliphatic carbocycles. The summed E-state index contributed by atoms with van der Waals surface area (Å²) in [5.74, 6) is 0.758. The monoisotopic (exact) mass is 405 g/mol. The molecule has 1 saturated carbocycles. The van der Waals surface area contributed by atoms with Gasteiger partial charge in [-0.2, -0.15) is 0 Å². The van der Waals surface area contributed by atoms with Crippen LogP contribution < -0.4 is 11.1 Å². The Labute approximate surface area is 167 Å². The van der Waals surface area contributed by atoms with Gasteiger partial charge in [-0.25, -0.2) is 4.39 Å². The van der Waals surface area contributed by atoms with Crippen LogP contribution in [0.15, 0.2) is 24.3 Å². The molecule has 0 bridgehead atoms. The zero-order chi connectivity index (χ0) is 20.5. The largest absolute Gasteiger partial charge is 0.370 e. The molecule has 1 unspecified atom stereocenters. The third-order valence-electron chi connectivity index (χ3n) is 5.29. The maximum Gasteiger partial charge on any atom is 0.243 e. The van der Waals surface area contributed by atoms with Gasteiger partial charge in [0.2, 0.25) is 17.7 Å². The number of carbonyl (C=O) groups is 3. The maximum atomic E-state index is 14.1. The van der Waals surface area contributed by atoms with Crippen molar-refractivity contribution in [3.8, 4) is 12.3 Å². The predicted octanol–water partition coefficient (Wildman–Crippen LogP) is 1.30. The number of primary amides is 1. The van der Waals surface area contributed by atoms with Crippen molar-refractivity contribution in [2.24, 2.45) is 5.73 Å². The minimum atomic E-state index is -1.30. The predicted molar refractivity (Wildman–Crippen MR) is 102 cm³/mol. The lowest BCUT2D eigenvalue weighted by molar-refractivity contribution is -0.140. The van der Waals surface area contributed by atoms with Crippen LogP contribution in [0, 0.1) is 12.3 Å². The molecule has 28 heavy (non-hydrogen) atoms. The van der Waals surface area contributed by atoms with E-state index in [-0.39, 0.29) is 25.3 Å². The summed E-state index contributed by atoms with van der Waals surface area (Å²) in [6.07, 6.45) is 4.94. The molecule has 1 aromatic rings. The highest BCUT2D eigenvalue weighted by molar-refractivity contribution is 6.30. The van der Waals surface area contributed by atoms with Crippen molar-refractivity contribution in [3.05, 3.63) is 34.9 Å². The van der Waals surface area contributed by atoms with Gasteiger partial charge in [0.1, 0.15) is 12.2 Å². The summed E-state index contributed by atoms with van der Waals surface area (Å²) in [7, 11) is 0. The summed E-state index contributed by atoms with van der Waals surface area (Å²) in [6, 6.07) is 5.11. The SMILES string of the molecule is C#C[C@H](CC(N)=O)NC(=O)[C@@H]1CC(F)CN1C(=O)C1(c2ccc(Cl)cc2)CC1. The van der Waals surface area contributed by atoms with Crippen LogP contribution in [-0.2, 0) is 19.8 Å². The minimum absolute atomic E-state index is 0.109. The molecule has 1 saturated heterocycles. The number of hydrogen-bond donors (Lipinski definition) is 2. The van der Waals surface area contributed by atoms with Crippen LogP contribution >= 0.6 is 11.6 Å². The van der Waals surface area contributed by atoms with Gasteiger partial charge in [-0.15, -0.1) is 6.42 Å². The Bertz CT molecular complexity index is 832. The van der Waals surface area contributed by atoms with Crippen LogP contribution in [-0.4, -0.2) is 47.4 Å². The Morgan fingerprint density at radius 1 is 1.36 bits per heavy atom. The quantitative estimate of drug-likeness (QED) is 0.699. The summed E-state index contributed by atoms with van der Waals surface area (Å²) < 4.78 is 14.1. The van der Waals surface area contributed by atoms with Crippen molar-refractivity contribution in [1.82, 2.24) is 10.2 Å². The van der Waals surface area contributed by atoms with E-state index in [0.717, 1.165) is 5.56 Å². The second kappa shape index (κ2) is 7.80. The van der Waals surface area contributed by atoms with Crippen molar-refractivity contribution in [3.63, 3.8) is 0 Å². The van der Waals surface area contributed by atoms with E-state index in [4.69, 9.17) is 23.8 Å². The molecule has 3 atom stereocenters. The molecule has 3 amide bonds. The Hall–Kier alpha value is -2.59. The van der Waals surface area contributed by atoms with Gasteiger partial charge in [0, 0.05) is 11.4 Å². The lowest BCUT2D eigenvalue weighted by atomic mass is 9.94. The van der Waals surface area contributed by atoms with Crippen LogP contribution in [0.25, 0.3) is 0 Å². The second-order valence-corrected chi connectivity index (χ2v) is 7.73. The number of nitrogens with one attached hydrogen (secondary N) is 1. The molecule has 1 aromatic carbocycles. The molecule has 1 aliphatic heterocycles. The highest BCUT2D eigenvalue weighted by Gasteiger charge is 2.56. The number of nitrogens with zero attached hydrogens (tertiary/aromatic N) is 1. The fourth-order valence-electron chi connectivity index (χ4n) is 3.67. The summed E-state index contributed by atoms with van der Waals surface area (Å²) >= 11 is 5.92. The molecule has 2 fully saturated rings. The third kappa shape index (κ3) is 3.97. The summed E-state index contributed by atoms with van der Waals surface area (Å²) in [4.78, 5) is 38.2. The first-order valence-corrected chi connectivity index (χ1v) is 9.40. The molecular formula is C20H21ClFN3O3. The van der Waals surface area contributed by atoms with Crippen LogP contribution in [0.3, 0.4) is 0 Å². The van der Waals surface area contributed by atoms with Gasteiger partial charge in [-0.3, -0.25) is 14.4 Å². The number of alkyl halides is 1. The Balaban J connectivity index is 1.77. The Morgan fingerprint density at radius 2 is 2.00 bits per heavy atom. The van der Waals surface area contributed by atoms with Gasteiger partial charge in [0.05, 0.1) is 24.4 Å². The normalized spacial score (nSPS) is 23.5. The fraction of sp³-hybridized carbons (Fsp3) is 0.450. The van der Waals surface area contributed by atoms with Crippen LogP contribution in [0.4, 0.5) is 4.39 Å². The summed E-state index contributed by atoms with van der Waals surface area (Å²) in [6.45, 7) is -0.150. The van der Waals surface area contributed by atoms with E-state index in [1.165, 1.54) is 4.90 Å². The number of benzene rings is 1. The molecule has 0 aromatic heterocycles. The highest BCUT2D eigenvalue weighted by Crippen LogP contribution is 2.50. The zero-order valence-corrected chi connectivity index (χ0v) is 15.9. The van der Waals surface area contributed by atoms with Crippen LogP contribution in [0.5, 0.6) is 0 Å². The van der Waals surface area contributed by atoms with Crippen molar-refractivity contribution < 1.29 is 18.8 Å². The van der Waals surface area contributed by atoms with E-state index in [2.05, 4.69) is 11.2 Å². The minimum Gasteiger partial charge on any atom is -0.370 e. The van der Waals surface area contributed by atoms with E-state index in [9.17, 15) is 18.8 Å². The molecule has 0 spiro atoms. The number of carbonyl (C=O) groups excluding carboxylic acids is 3. The van der Waals surface area contributed by atoms with E-state index in [1.807, 2.05) is 0 Å². The first kappa shape index (κ1) is 20.2. The van der Waals surface area contributed by atoms with E-state index >= 15 is 0 Å². The Kier molecular flexibility index (Phi) is 5.61. The van der Waals surface area contributed by atoms with E-state index in [1.54, 1.807) is 24.3 Å². The Morgan fingerprint density at radius 3 is 2.54 bits per heavy atom. The number of rotatable bonds is 6. The number of nitrogens with two attached hydrogens (primary N) is 1. The molecule has 148 valence electrons. The number of amides is 3. The van der Waals surface area contributed by atoms with Gasteiger partial charge < -0.3 is 16.0 Å².